The van der Waals surface area contributed by atoms with Crippen LogP contribution >= 0.6 is 15.9 Å². The van der Waals surface area contributed by atoms with Gasteiger partial charge in [-0.1, -0.05) is 40.2 Å². The van der Waals surface area contributed by atoms with Crippen molar-refractivity contribution in [2.45, 2.75) is 18.9 Å². The number of aliphatic hydroxyl groups excluding tert-OH is 1. The molecule has 3 N–H and O–H groups in total. The summed E-state index contributed by atoms with van der Waals surface area (Å²) in [6.45, 7) is 2.34. The first-order valence-electron chi connectivity index (χ1n) is 6.85. The number of ether oxygens (including phenoxy) is 1. The van der Waals surface area contributed by atoms with Gasteiger partial charge in [0.05, 0.1) is 13.2 Å². The highest BCUT2D eigenvalue weighted by atomic mass is 79.9. The number of aliphatic hydroxyl groups is 1. The van der Waals surface area contributed by atoms with Gasteiger partial charge in [-0.05, 0) is 36.2 Å². The third-order valence-corrected chi connectivity index (χ3v) is 4.04. The van der Waals surface area contributed by atoms with Gasteiger partial charge in [-0.2, -0.15) is 0 Å². The lowest BCUT2D eigenvalue weighted by molar-refractivity contribution is 0.146. The summed E-state index contributed by atoms with van der Waals surface area (Å²) in [4.78, 5) is 0. The van der Waals surface area contributed by atoms with Crippen LogP contribution in [0.2, 0.25) is 0 Å². The van der Waals surface area contributed by atoms with Crippen molar-refractivity contribution in [1.29, 1.82) is 0 Å². The monoisotopic (exact) mass is 349 g/mol. The Morgan fingerprint density at radius 1 is 1.24 bits per heavy atom. The highest BCUT2D eigenvalue weighted by Crippen LogP contribution is 2.36. The summed E-state index contributed by atoms with van der Waals surface area (Å²) in [6, 6.07) is 13.6. The molecule has 2 aromatic carbocycles. The summed E-state index contributed by atoms with van der Waals surface area (Å²) in [5.74, 6) is 0.536. The van der Waals surface area contributed by atoms with Gasteiger partial charge in [0, 0.05) is 22.5 Å². The number of benzene rings is 2. The molecular formula is C17H20BrNO2. The van der Waals surface area contributed by atoms with Gasteiger partial charge in [0.25, 0.3) is 0 Å². The predicted octanol–water partition coefficient (Wildman–Crippen LogP) is 3.54. The Morgan fingerprint density at radius 3 is 2.57 bits per heavy atom. The summed E-state index contributed by atoms with van der Waals surface area (Å²) in [5.41, 5.74) is 8.78. The molecule has 3 nitrogen and oxygen atoms in total. The van der Waals surface area contributed by atoms with Crippen LogP contribution in [0.15, 0.2) is 46.9 Å². The first kappa shape index (κ1) is 16.0. The molecule has 0 aromatic heterocycles. The van der Waals surface area contributed by atoms with Crippen molar-refractivity contribution in [1.82, 2.24) is 0 Å². The van der Waals surface area contributed by atoms with Crippen LogP contribution in [0.5, 0.6) is 5.75 Å². The van der Waals surface area contributed by atoms with Gasteiger partial charge in [0.1, 0.15) is 5.75 Å². The van der Waals surface area contributed by atoms with Crippen LogP contribution in [-0.4, -0.2) is 18.8 Å². The van der Waals surface area contributed by atoms with Crippen molar-refractivity contribution in [2.75, 3.05) is 13.7 Å². The van der Waals surface area contributed by atoms with Gasteiger partial charge in [-0.25, -0.2) is 0 Å². The minimum absolute atomic E-state index is 0.213. The molecule has 2 rings (SSSR count). The van der Waals surface area contributed by atoms with E-state index in [0.717, 1.165) is 26.9 Å². The fourth-order valence-corrected chi connectivity index (χ4v) is 3.19. The van der Waals surface area contributed by atoms with E-state index in [4.69, 9.17) is 10.5 Å². The van der Waals surface area contributed by atoms with Crippen molar-refractivity contribution in [2.24, 2.45) is 5.73 Å². The van der Waals surface area contributed by atoms with E-state index in [1.165, 1.54) is 0 Å². The zero-order valence-corrected chi connectivity index (χ0v) is 13.8. The number of halogens is 1. The third kappa shape index (κ3) is 3.64. The molecule has 0 aliphatic heterocycles. The van der Waals surface area contributed by atoms with E-state index in [9.17, 15) is 5.11 Å². The predicted molar refractivity (Wildman–Crippen MR) is 88.6 cm³/mol. The molecule has 0 radical (unpaired) electrons. The fourth-order valence-electron chi connectivity index (χ4n) is 2.57. The van der Waals surface area contributed by atoms with Crippen LogP contribution < -0.4 is 10.5 Å². The van der Waals surface area contributed by atoms with Crippen LogP contribution in [0, 0.1) is 6.92 Å². The van der Waals surface area contributed by atoms with Crippen molar-refractivity contribution in [3.8, 4) is 5.75 Å². The summed E-state index contributed by atoms with van der Waals surface area (Å²) in [5, 5.41) is 10.7. The molecule has 0 saturated heterocycles. The quantitative estimate of drug-likeness (QED) is 0.867. The Kier molecular flexibility index (Phi) is 5.39. The lowest BCUT2D eigenvalue weighted by Crippen LogP contribution is -2.21. The largest absolute Gasteiger partial charge is 0.496 e. The minimum Gasteiger partial charge on any atom is -0.496 e. The smallest absolute Gasteiger partial charge is 0.122 e. The molecule has 2 atom stereocenters. The highest BCUT2D eigenvalue weighted by Gasteiger charge is 2.24. The van der Waals surface area contributed by atoms with E-state index in [0.29, 0.717) is 6.54 Å². The maximum absolute atomic E-state index is 10.7. The second kappa shape index (κ2) is 7.07. The summed E-state index contributed by atoms with van der Waals surface area (Å²) in [6.07, 6.45) is -0.678. The Morgan fingerprint density at radius 2 is 1.95 bits per heavy atom. The highest BCUT2D eigenvalue weighted by molar-refractivity contribution is 9.10. The molecule has 0 amide bonds. The summed E-state index contributed by atoms with van der Waals surface area (Å²) < 4.78 is 6.34. The van der Waals surface area contributed by atoms with Gasteiger partial charge < -0.3 is 15.6 Å². The minimum atomic E-state index is -0.678. The number of rotatable bonds is 5. The first-order valence-corrected chi connectivity index (χ1v) is 7.64. The Hall–Kier alpha value is -1.36. The molecule has 0 spiro atoms. The van der Waals surface area contributed by atoms with Crippen molar-refractivity contribution < 1.29 is 9.84 Å². The second-order valence-electron chi connectivity index (χ2n) is 5.09. The summed E-state index contributed by atoms with van der Waals surface area (Å²) in [7, 11) is 1.63. The molecule has 0 aliphatic rings. The van der Waals surface area contributed by atoms with Gasteiger partial charge in [0.15, 0.2) is 0 Å². The van der Waals surface area contributed by atoms with E-state index < -0.39 is 6.10 Å². The standard InChI is InChI=1S/C17H20BrNO2/c1-11-7-12(9-13(18)8-11)17(20)15(10-19)14-5-3-4-6-16(14)21-2/h3-9,15,17,20H,10,19H2,1-2H3. The van der Waals surface area contributed by atoms with Crippen LogP contribution in [0.3, 0.4) is 0 Å². The van der Waals surface area contributed by atoms with Gasteiger partial charge in [-0.3, -0.25) is 0 Å². The maximum atomic E-state index is 10.7. The van der Waals surface area contributed by atoms with Gasteiger partial charge >= 0.3 is 0 Å². The zero-order chi connectivity index (χ0) is 15.4. The van der Waals surface area contributed by atoms with E-state index in [2.05, 4.69) is 15.9 Å². The number of aryl methyl sites for hydroxylation is 1. The SMILES string of the molecule is COc1ccccc1C(CN)C(O)c1cc(C)cc(Br)c1. The van der Waals surface area contributed by atoms with Crippen molar-refractivity contribution in [3.63, 3.8) is 0 Å². The molecule has 4 heteroatoms. The number of methoxy groups -OCH3 is 1. The molecule has 0 bridgehead atoms. The molecule has 2 unspecified atom stereocenters. The summed E-state index contributed by atoms with van der Waals surface area (Å²) >= 11 is 3.47. The molecule has 0 fully saturated rings. The zero-order valence-electron chi connectivity index (χ0n) is 12.2. The Labute approximate surface area is 133 Å². The van der Waals surface area contributed by atoms with E-state index in [1.54, 1.807) is 7.11 Å². The third-order valence-electron chi connectivity index (χ3n) is 3.58. The number of hydrogen-bond acceptors (Lipinski definition) is 3. The second-order valence-corrected chi connectivity index (χ2v) is 6.01. The average molecular weight is 350 g/mol. The molecule has 2 aromatic rings. The van der Waals surface area contributed by atoms with E-state index >= 15 is 0 Å². The molecule has 0 heterocycles. The van der Waals surface area contributed by atoms with Crippen molar-refractivity contribution in [3.05, 3.63) is 63.6 Å². The van der Waals surface area contributed by atoms with Crippen LogP contribution in [-0.2, 0) is 0 Å². The molecule has 0 aliphatic carbocycles. The number of nitrogens with two attached hydrogens (primary N) is 1. The lowest BCUT2D eigenvalue weighted by atomic mass is 9.88. The maximum Gasteiger partial charge on any atom is 0.122 e. The lowest BCUT2D eigenvalue weighted by Gasteiger charge is -2.24. The number of para-hydroxylation sites is 1. The van der Waals surface area contributed by atoms with Crippen LogP contribution in [0.4, 0.5) is 0 Å². The van der Waals surface area contributed by atoms with Crippen LogP contribution in [0.25, 0.3) is 0 Å². The number of hydrogen-bond donors (Lipinski definition) is 2. The van der Waals surface area contributed by atoms with Gasteiger partial charge in [0.2, 0.25) is 0 Å². The normalized spacial score (nSPS) is 13.8. The Balaban J connectivity index is 2.40. The van der Waals surface area contributed by atoms with E-state index in [1.807, 2.05) is 49.4 Å². The molecule has 21 heavy (non-hydrogen) atoms. The average Bonchev–Trinajstić information content (AvgIpc) is 2.47. The molecular weight excluding hydrogens is 330 g/mol. The first-order chi connectivity index (χ1) is 10.1. The molecule has 0 saturated carbocycles. The topological polar surface area (TPSA) is 55.5 Å². The van der Waals surface area contributed by atoms with E-state index in [-0.39, 0.29) is 5.92 Å². The van der Waals surface area contributed by atoms with Crippen LogP contribution in [0.1, 0.15) is 28.7 Å². The van der Waals surface area contributed by atoms with Crippen molar-refractivity contribution >= 4 is 15.9 Å². The Bertz CT molecular complexity index is 595. The van der Waals surface area contributed by atoms with Gasteiger partial charge in [-0.15, -0.1) is 0 Å². The molecule has 112 valence electrons. The fraction of sp³-hybridized carbons (Fsp3) is 0.294.